The maximum absolute atomic E-state index is 9.56. The Hall–Kier alpha value is -1.81. The van der Waals surface area contributed by atoms with Crippen molar-refractivity contribution in [3.8, 4) is 5.75 Å². The van der Waals surface area contributed by atoms with Crippen LogP contribution >= 0.6 is 0 Å². The van der Waals surface area contributed by atoms with Gasteiger partial charge in [0.05, 0.1) is 5.69 Å². The number of benzene rings is 1. The highest BCUT2D eigenvalue weighted by Crippen LogP contribution is 2.31. The maximum Gasteiger partial charge on any atom is 0.115 e. The molecule has 0 aliphatic heterocycles. The van der Waals surface area contributed by atoms with Crippen LogP contribution in [0, 0.1) is 0 Å². The average molecular weight is 257 g/mol. The molecule has 4 nitrogen and oxygen atoms in total. The van der Waals surface area contributed by atoms with E-state index < -0.39 is 0 Å². The molecule has 0 bridgehead atoms. The quantitative estimate of drug-likeness (QED) is 0.887. The molecule has 1 aliphatic rings. The van der Waals surface area contributed by atoms with Gasteiger partial charge in [-0.15, -0.1) is 0 Å². The number of rotatable bonds is 3. The van der Waals surface area contributed by atoms with E-state index in [9.17, 15) is 5.11 Å². The van der Waals surface area contributed by atoms with Crippen molar-refractivity contribution in [2.45, 2.75) is 31.8 Å². The van der Waals surface area contributed by atoms with E-state index in [0.29, 0.717) is 11.8 Å². The van der Waals surface area contributed by atoms with Crippen LogP contribution in [0.5, 0.6) is 5.75 Å². The Labute approximate surface area is 113 Å². The number of nitrogens with zero attached hydrogens (tertiary/aromatic N) is 2. The normalized spacial score (nSPS) is 18.3. The predicted molar refractivity (Wildman–Crippen MR) is 73.8 cm³/mol. The molecule has 100 valence electrons. The fraction of sp³-hybridized carbons (Fsp3) is 0.400. The fourth-order valence-corrected chi connectivity index (χ4v) is 2.82. The van der Waals surface area contributed by atoms with Crippen molar-refractivity contribution in [1.29, 1.82) is 0 Å². The molecule has 1 unspecified atom stereocenters. The van der Waals surface area contributed by atoms with Crippen LogP contribution < -0.4 is 5.32 Å². The summed E-state index contributed by atoms with van der Waals surface area (Å²) in [5.74, 6) is 0.367. The third kappa shape index (κ3) is 2.49. The standard InChI is InChI=1S/C15H19N3O/c1-18-12(7-8-17-18)10-16-15-4-2-3-11-9-13(19)5-6-14(11)15/h5-9,15-16,19H,2-4,10H2,1H3. The largest absolute Gasteiger partial charge is 0.508 e. The summed E-state index contributed by atoms with van der Waals surface area (Å²) in [6.07, 6.45) is 5.20. The lowest BCUT2D eigenvalue weighted by atomic mass is 9.87. The van der Waals surface area contributed by atoms with E-state index >= 15 is 0 Å². The molecular weight excluding hydrogens is 238 g/mol. The van der Waals surface area contributed by atoms with E-state index in [1.807, 2.05) is 36.1 Å². The highest BCUT2D eigenvalue weighted by molar-refractivity contribution is 5.38. The van der Waals surface area contributed by atoms with Crippen molar-refractivity contribution in [3.05, 3.63) is 47.3 Å². The number of phenols is 1. The molecule has 0 amide bonds. The minimum atomic E-state index is 0.367. The summed E-state index contributed by atoms with van der Waals surface area (Å²) >= 11 is 0. The molecule has 1 aromatic carbocycles. The van der Waals surface area contributed by atoms with Crippen LogP contribution in [0.25, 0.3) is 0 Å². The maximum atomic E-state index is 9.56. The van der Waals surface area contributed by atoms with Crippen LogP contribution in [-0.2, 0) is 20.0 Å². The summed E-state index contributed by atoms with van der Waals surface area (Å²) < 4.78 is 1.90. The summed E-state index contributed by atoms with van der Waals surface area (Å²) in [5, 5.41) is 17.3. The van der Waals surface area contributed by atoms with E-state index in [1.54, 1.807) is 6.07 Å². The molecule has 0 fully saturated rings. The predicted octanol–water partition coefficient (Wildman–Crippen LogP) is 2.29. The van der Waals surface area contributed by atoms with E-state index in [-0.39, 0.29) is 0 Å². The van der Waals surface area contributed by atoms with Crippen LogP contribution in [0.2, 0.25) is 0 Å². The van der Waals surface area contributed by atoms with Crippen molar-refractivity contribution >= 4 is 0 Å². The summed E-state index contributed by atoms with van der Waals surface area (Å²) in [5.41, 5.74) is 3.78. The number of hydrogen-bond donors (Lipinski definition) is 2. The van der Waals surface area contributed by atoms with Crippen molar-refractivity contribution in [2.75, 3.05) is 0 Å². The Balaban J connectivity index is 1.75. The Morgan fingerprint density at radius 2 is 2.32 bits per heavy atom. The first-order valence-corrected chi connectivity index (χ1v) is 6.76. The zero-order valence-electron chi connectivity index (χ0n) is 11.1. The summed E-state index contributed by atoms with van der Waals surface area (Å²) in [7, 11) is 1.96. The summed E-state index contributed by atoms with van der Waals surface area (Å²) in [6, 6.07) is 8.13. The molecule has 1 atom stereocenters. The number of phenolic OH excluding ortho intramolecular Hbond substituents is 1. The second-order valence-electron chi connectivity index (χ2n) is 5.15. The number of hydrogen-bond acceptors (Lipinski definition) is 3. The first kappa shape index (κ1) is 12.2. The lowest BCUT2D eigenvalue weighted by molar-refractivity contribution is 0.443. The number of fused-ring (bicyclic) bond motifs is 1. The molecule has 0 radical (unpaired) electrons. The van der Waals surface area contributed by atoms with Crippen molar-refractivity contribution in [2.24, 2.45) is 7.05 Å². The molecule has 2 aromatic rings. The van der Waals surface area contributed by atoms with Crippen LogP contribution in [0.15, 0.2) is 30.5 Å². The van der Waals surface area contributed by atoms with Crippen LogP contribution in [0.3, 0.4) is 0 Å². The zero-order chi connectivity index (χ0) is 13.2. The minimum Gasteiger partial charge on any atom is -0.508 e. The molecule has 1 aromatic heterocycles. The highest BCUT2D eigenvalue weighted by atomic mass is 16.3. The van der Waals surface area contributed by atoms with Gasteiger partial charge in [0.25, 0.3) is 0 Å². The molecular formula is C15H19N3O. The molecule has 0 saturated heterocycles. The van der Waals surface area contributed by atoms with Gasteiger partial charge >= 0.3 is 0 Å². The van der Waals surface area contributed by atoms with Gasteiger partial charge in [-0.1, -0.05) is 6.07 Å². The Morgan fingerprint density at radius 3 is 3.11 bits per heavy atom. The monoisotopic (exact) mass is 257 g/mol. The topological polar surface area (TPSA) is 50.1 Å². The number of nitrogens with one attached hydrogen (secondary N) is 1. The smallest absolute Gasteiger partial charge is 0.115 e. The second kappa shape index (κ2) is 5.05. The SMILES string of the molecule is Cn1nccc1CNC1CCCc2cc(O)ccc21. The summed E-state index contributed by atoms with van der Waals surface area (Å²) in [4.78, 5) is 0. The van der Waals surface area contributed by atoms with Gasteiger partial charge in [0.2, 0.25) is 0 Å². The third-order valence-electron chi connectivity index (χ3n) is 3.89. The van der Waals surface area contributed by atoms with E-state index in [4.69, 9.17) is 0 Å². The second-order valence-corrected chi connectivity index (χ2v) is 5.15. The molecule has 2 N–H and O–H groups in total. The van der Waals surface area contributed by atoms with E-state index in [2.05, 4.69) is 10.4 Å². The minimum absolute atomic E-state index is 0.367. The summed E-state index contributed by atoms with van der Waals surface area (Å²) in [6.45, 7) is 0.821. The lowest BCUT2D eigenvalue weighted by Crippen LogP contribution is -2.25. The van der Waals surface area contributed by atoms with Gasteiger partial charge in [0.1, 0.15) is 5.75 Å². The van der Waals surface area contributed by atoms with Gasteiger partial charge in [-0.2, -0.15) is 5.10 Å². The lowest BCUT2D eigenvalue weighted by Gasteiger charge is -2.26. The first-order chi connectivity index (χ1) is 9.24. The van der Waals surface area contributed by atoms with Gasteiger partial charge in [-0.3, -0.25) is 4.68 Å². The number of aromatic hydroxyl groups is 1. The van der Waals surface area contributed by atoms with Crippen molar-refractivity contribution in [3.63, 3.8) is 0 Å². The average Bonchev–Trinajstić information content (AvgIpc) is 2.81. The van der Waals surface area contributed by atoms with Gasteiger partial charge in [-0.05, 0) is 48.6 Å². The molecule has 0 spiro atoms. The highest BCUT2D eigenvalue weighted by Gasteiger charge is 2.20. The Bertz CT molecular complexity index is 577. The van der Waals surface area contributed by atoms with Gasteiger partial charge < -0.3 is 10.4 Å². The van der Waals surface area contributed by atoms with Crippen LogP contribution in [-0.4, -0.2) is 14.9 Å². The van der Waals surface area contributed by atoms with E-state index in [0.717, 1.165) is 19.4 Å². The Kier molecular flexibility index (Phi) is 3.25. The molecule has 19 heavy (non-hydrogen) atoms. The third-order valence-corrected chi connectivity index (χ3v) is 3.89. The van der Waals surface area contributed by atoms with Crippen molar-refractivity contribution in [1.82, 2.24) is 15.1 Å². The molecule has 4 heteroatoms. The van der Waals surface area contributed by atoms with Gasteiger partial charge in [0.15, 0.2) is 0 Å². The first-order valence-electron chi connectivity index (χ1n) is 6.76. The Morgan fingerprint density at radius 1 is 1.42 bits per heavy atom. The zero-order valence-corrected chi connectivity index (χ0v) is 11.1. The van der Waals surface area contributed by atoms with Crippen LogP contribution in [0.4, 0.5) is 0 Å². The van der Waals surface area contributed by atoms with Crippen LogP contribution in [0.1, 0.15) is 35.7 Å². The number of aromatic nitrogens is 2. The molecule has 1 heterocycles. The fourth-order valence-electron chi connectivity index (χ4n) is 2.82. The number of aryl methyl sites for hydroxylation is 2. The molecule has 1 aliphatic carbocycles. The van der Waals surface area contributed by atoms with Gasteiger partial charge in [0, 0.05) is 25.8 Å². The van der Waals surface area contributed by atoms with E-state index in [1.165, 1.54) is 23.2 Å². The molecule has 3 rings (SSSR count). The van der Waals surface area contributed by atoms with Gasteiger partial charge in [-0.25, -0.2) is 0 Å². The van der Waals surface area contributed by atoms with Crippen molar-refractivity contribution < 1.29 is 5.11 Å². The molecule has 0 saturated carbocycles.